The number of rotatable bonds is 8. The minimum Gasteiger partial charge on any atom is -0.481 e. The number of carbonyl (C=O) groups excluding carboxylic acids is 1. The third-order valence-electron chi connectivity index (χ3n) is 2.42. The summed E-state index contributed by atoms with van der Waals surface area (Å²) in [4.78, 5) is 21.9. The normalized spacial score (nSPS) is 13.8. The monoisotopic (exact) mass is 262 g/mol. The van der Waals surface area contributed by atoms with Crippen LogP contribution in [0.3, 0.4) is 0 Å². The SMILES string of the molecule is CSCCC(C)NC(=O)NCCC(C)C(=O)O. The summed E-state index contributed by atoms with van der Waals surface area (Å²) < 4.78 is 0. The third kappa shape index (κ3) is 8.85. The van der Waals surface area contributed by atoms with Crippen molar-refractivity contribution < 1.29 is 14.7 Å². The molecule has 0 spiro atoms. The van der Waals surface area contributed by atoms with Crippen molar-refractivity contribution in [2.75, 3.05) is 18.6 Å². The first-order chi connectivity index (χ1) is 7.97. The van der Waals surface area contributed by atoms with Gasteiger partial charge < -0.3 is 15.7 Å². The van der Waals surface area contributed by atoms with Gasteiger partial charge in [-0.2, -0.15) is 11.8 Å². The molecule has 2 atom stereocenters. The van der Waals surface area contributed by atoms with Crippen molar-refractivity contribution in [2.45, 2.75) is 32.7 Å². The molecule has 0 rings (SSSR count). The Balaban J connectivity index is 3.62. The Hall–Kier alpha value is -0.910. The fourth-order valence-corrected chi connectivity index (χ4v) is 1.76. The summed E-state index contributed by atoms with van der Waals surface area (Å²) in [5.74, 6) is -0.248. The third-order valence-corrected chi connectivity index (χ3v) is 3.06. The number of carbonyl (C=O) groups is 2. The molecule has 0 heterocycles. The van der Waals surface area contributed by atoms with Crippen molar-refractivity contribution in [2.24, 2.45) is 5.92 Å². The maximum atomic E-state index is 11.4. The molecule has 3 N–H and O–H groups in total. The van der Waals surface area contributed by atoms with Gasteiger partial charge in [0.2, 0.25) is 0 Å². The van der Waals surface area contributed by atoms with Crippen LogP contribution in [0.15, 0.2) is 0 Å². The highest BCUT2D eigenvalue weighted by molar-refractivity contribution is 7.98. The van der Waals surface area contributed by atoms with Gasteiger partial charge in [0.05, 0.1) is 5.92 Å². The molecule has 2 amide bonds. The summed E-state index contributed by atoms with van der Waals surface area (Å²) >= 11 is 1.75. The number of hydrogen-bond acceptors (Lipinski definition) is 3. The highest BCUT2D eigenvalue weighted by Gasteiger charge is 2.11. The zero-order valence-corrected chi connectivity index (χ0v) is 11.5. The molecule has 5 nitrogen and oxygen atoms in total. The van der Waals surface area contributed by atoms with Crippen molar-refractivity contribution in [3.05, 3.63) is 0 Å². The number of thioether (sulfide) groups is 1. The van der Waals surface area contributed by atoms with E-state index in [9.17, 15) is 9.59 Å². The molecule has 100 valence electrons. The van der Waals surface area contributed by atoms with Crippen molar-refractivity contribution in [1.82, 2.24) is 10.6 Å². The van der Waals surface area contributed by atoms with Gasteiger partial charge in [0.15, 0.2) is 0 Å². The van der Waals surface area contributed by atoms with E-state index in [1.165, 1.54) is 0 Å². The lowest BCUT2D eigenvalue weighted by Crippen LogP contribution is -2.41. The van der Waals surface area contributed by atoms with Crippen LogP contribution < -0.4 is 10.6 Å². The smallest absolute Gasteiger partial charge is 0.314 e. The van der Waals surface area contributed by atoms with E-state index in [0.29, 0.717) is 13.0 Å². The molecular weight excluding hydrogens is 240 g/mol. The lowest BCUT2D eigenvalue weighted by molar-refractivity contribution is -0.141. The van der Waals surface area contributed by atoms with Gasteiger partial charge >= 0.3 is 12.0 Å². The van der Waals surface area contributed by atoms with Gasteiger partial charge in [-0.1, -0.05) is 6.92 Å². The summed E-state index contributed by atoms with van der Waals surface area (Å²) in [6.07, 6.45) is 3.40. The minimum atomic E-state index is -0.833. The fraction of sp³-hybridized carbons (Fsp3) is 0.818. The van der Waals surface area contributed by atoms with Crippen molar-refractivity contribution in [3.63, 3.8) is 0 Å². The number of urea groups is 1. The molecule has 6 heteroatoms. The maximum Gasteiger partial charge on any atom is 0.314 e. The van der Waals surface area contributed by atoms with Gasteiger partial charge in [0.1, 0.15) is 0 Å². The number of carboxylic acid groups (broad SMARTS) is 1. The van der Waals surface area contributed by atoms with Gasteiger partial charge in [-0.3, -0.25) is 4.79 Å². The summed E-state index contributed by atoms with van der Waals surface area (Å²) in [5, 5.41) is 14.1. The summed E-state index contributed by atoms with van der Waals surface area (Å²) in [7, 11) is 0. The zero-order chi connectivity index (χ0) is 13.3. The first kappa shape index (κ1) is 16.1. The summed E-state index contributed by atoms with van der Waals surface area (Å²) in [6.45, 7) is 3.97. The molecule has 0 aliphatic rings. The van der Waals surface area contributed by atoms with Crippen LogP contribution >= 0.6 is 11.8 Å². The number of nitrogens with one attached hydrogen (secondary N) is 2. The van der Waals surface area contributed by atoms with Crippen LogP contribution in [0.1, 0.15) is 26.7 Å². The zero-order valence-electron chi connectivity index (χ0n) is 10.7. The lowest BCUT2D eigenvalue weighted by atomic mass is 10.1. The van der Waals surface area contributed by atoms with Gasteiger partial charge in [-0.05, 0) is 31.8 Å². The Morgan fingerprint density at radius 1 is 1.29 bits per heavy atom. The average Bonchev–Trinajstić information content (AvgIpc) is 2.25. The largest absolute Gasteiger partial charge is 0.481 e. The molecule has 0 bridgehead atoms. The standard InChI is InChI=1S/C11H22N2O3S/c1-8(10(14)15)4-6-12-11(16)13-9(2)5-7-17-3/h8-9H,4-7H2,1-3H3,(H,14,15)(H2,12,13,16). The predicted molar refractivity (Wildman–Crippen MR) is 70.4 cm³/mol. The quantitative estimate of drug-likeness (QED) is 0.620. The second kappa shape index (κ2) is 9.15. The van der Waals surface area contributed by atoms with Crippen LogP contribution in [0.4, 0.5) is 4.79 Å². The molecule has 0 aromatic rings. The first-order valence-electron chi connectivity index (χ1n) is 5.73. The number of amides is 2. The van der Waals surface area contributed by atoms with Crippen LogP contribution in [0.2, 0.25) is 0 Å². The molecule has 0 saturated carbocycles. The minimum absolute atomic E-state index is 0.138. The molecular formula is C11H22N2O3S. The van der Waals surface area contributed by atoms with E-state index >= 15 is 0 Å². The van der Waals surface area contributed by atoms with Crippen LogP contribution in [0.25, 0.3) is 0 Å². The Morgan fingerprint density at radius 3 is 2.47 bits per heavy atom. The van der Waals surface area contributed by atoms with E-state index in [4.69, 9.17) is 5.11 Å². The number of aliphatic carboxylic acids is 1. The lowest BCUT2D eigenvalue weighted by Gasteiger charge is -2.14. The summed E-state index contributed by atoms with van der Waals surface area (Å²) in [5.41, 5.74) is 0. The molecule has 0 saturated heterocycles. The second-order valence-electron chi connectivity index (χ2n) is 4.11. The Kier molecular flexibility index (Phi) is 8.66. The van der Waals surface area contributed by atoms with E-state index in [0.717, 1.165) is 12.2 Å². The van der Waals surface area contributed by atoms with E-state index in [2.05, 4.69) is 10.6 Å². The van der Waals surface area contributed by atoms with Gasteiger partial charge in [0.25, 0.3) is 0 Å². The van der Waals surface area contributed by atoms with Gasteiger partial charge in [-0.25, -0.2) is 4.79 Å². The molecule has 0 radical (unpaired) electrons. The van der Waals surface area contributed by atoms with Crippen molar-refractivity contribution in [1.29, 1.82) is 0 Å². The van der Waals surface area contributed by atoms with E-state index in [1.54, 1.807) is 18.7 Å². The Bertz CT molecular complexity index is 249. The highest BCUT2D eigenvalue weighted by atomic mass is 32.2. The van der Waals surface area contributed by atoms with Crippen molar-refractivity contribution >= 4 is 23.8 Å². The number of carboxylic acids is 1. The predicted octanol–water partition coefficient (Wildman–Crippen LogP) is 1.54. The maximum absolute atomic E-state index is 11.4. The van der Waals surface area contributed by atoms with Crippen LogP contribution in [-0.4, -0.2) is 41.7 Å². The van der Waals surface area contributed by atoms with Gasteiger partial charge in [-0.15, -0.1) is 0 Å². The van der Waals surface area contributed by atoms with Crippen molar-refractivity contribution in [3.8, 4) is 0 Å². The first-order valence-corrected chi connectivity index (χ1v) is 7.12. The molecule has 0 aromatic heterocycles. The molecule has 17 heavy (non-hydrogen) atoms. The number of hydrogen-bond donors (Lipinski definition) is 3. The molecule has 0 aliphatic carbocycles. The molecule has 0 fully saturated rings. The molecule has 0 aliphatic heterocycles. The highest BCUT2D eigenvalue weighted by Crippen LogP contribution is 2.00. The average molecular weight is 262 g/mol. The van der Waals surface area contributed by atoms with Crippen LogP contribution in [-0.2, 0) is 4.79 Å². The van der Waals surface area contributed by atoms with E-state index < -0.39 is 11.9 Å². The molecule has 2 unspecified atom stereocenters. The van der Waals surface area contributed by atoms with Gasteiger partial charge in [0, 0.05) is 12.6 Å². The van der Waals surface area contributed by atoms with E-state index in [-0.39, 0.29) is 12.1 Å². The Morgan fingerprint density at radius 2 is 1.94 bits per heavy atom. The topological polar surface area (TPSA) is 78.4 Å². The fourth-order valence-electron chi connectivity index (χ4n) is 1.17. The Labute approximate surface area is 107 Å². The summed E-state index contributed by atoms with van der Waals surface area (Å²) in [6, 6.07) is -0.0875. The second-order valence-corrected chi connectivity index (χ2v) is 5.10. The van der Waals surface area contributed by atoms with Crippen LogP contribution in [0.5, 0.6) is 0 Å². The van der Waals surface area contributed by atoms with Crippen LogP contribution in [0, 0.1) is 5.92 Å². The molecule has 0 aromatic carbocycles. The van der Waals surface area contributed by atoms with E-state index in [1.807, 2.05) is 13.2 Å².